The van der Waals surface area contributed by atoms with E-state index in [9.17, 15) is 9.59 Å². The third-order valence-electron chi connectivity index (χ3n) is 3.53. The Morgan fingerprint density at radius 2 is 1.85 bits per heavy atom. The highest BCUT2D eigenvalue weighted by Crippen LogP contribution is 2.28. The maximum Gasteiger partial charge on any atom is 0.248 e. The normalized spacial score (nSPS) is 10.4. The van der Waals surface area contributed by atoms with Gasteiger partial charge in [-0.25, -0.2) is 0 Å². The molecule has 0 heterocycles. The summed E-state index contributed by atoms with van der Waals surface area (Å²) in [6.07, 6.45) is 4.76. The van der Waals surface area contributed by atoms with Crippen molar-refractivity contribution in [3.63, 3.8) is 0 Å². The van der Waals surface area contributed by atoms with E-state index in [1.54, 1.807) is 55.7 Å². The van der Waals surface area contributed by atoms with Crippen LogP contribution >= 0.6 is 0 Å². The van der Waals surface area contributed by atoms with Crippen molar-refractivity contribution in [3.05, 3.63) is 72.3 Å². The lowest BCUT2D eigenvalue weighted by molar-refractivity contribution is -0.111. The second-order valence-electron chi connectivity index (χ2n) is 5.47. The van der Waals surface area contributed by atoms with Crippen molar-refractivity contribution >= 4 is 23.5 Å². The molecule has 0 aliphatic heterocycles. The van der Waals surface area contributed by atoms with Gasteiger partial charge < -0.3 is 14.8 Å². The molecule has 0 atom stereocenters. The summed E-state index contributed by atoms with van der Waals surface area (Å²) in [7, 11) is 1.56. The number of carbonyl (C=O) groups is 2. The van der Waals surface area contributed by atoms with Gasteiger partial charge in [-0.1, -0.05) is 18.7 Å². The monoisotopic (exact) mass is 351 g/mol. The van der Waals surface area contributed by atoms with E-state index in [0.29, 0.717) is 29.4 Å². The minimum atomic E-state index is -0.272. The number of rotatable bonds is 8. The van der Waals surface area contributed by atoms with E-state index in [2.05, 4.69) is 11.9 Å². The number of Topliss-reactive ketones (excluding diaryl/α,β-unsaturated/α-hetero) is 1. The van der Waals surface area contributed by atoms with Crippen LogP contribution in [0.15, 0.2) is 61.2 Å². The fourth-order valence-corrected chi connectivity index (χ4v) is 2.20. The van der Waals surface area contributed by atoms with E-state index in [1.807, 2.05) is 6.07 Å². The van der Waals surface area contributed by atoms with Crippen LogP contribution in [-0.2, 0) is 4.79 Å². The van der Waals surface area contributed by atoms with Gasteiger partial charge in [-0.15, -0.1) is 0 Å². The van der Waals surface area contributed by atoms with Gasteiger partial charge in [-0.3, -0.25) is 9.59 Å². The number of nitrogens with one attached hydrogen (secondary N) is 1. The highest BCUT2D eigenvalue weighted by molar-refractivity contribution is 6.02. The van der Waals surface area contributed by atoms with Gasteiger partial charge in [-0.05, 0) is 55.0 Å². The Labute approximate surface area is 152 Å². The number of anilines is 1. The lowest BCUT2D eigenvalue weighted by atomic mass is 10.1. The Balaban J connectivity index is 2.02. The van der Waals surface area contributed by atoms with Gasteiger partial charge in [0.2, 0.25) is 5.91 Å². The van der Waals surface area contributed by atoms with Crippen LogP contribution in [0, 0.1) is 0 Å². The van der Waals surface area contributed by atoms with E-state index in [4.69, 9.17) is 9.47 Å². The smallest absolute Gasteiger partial charge is 0.248 e. The van der Waals surface area contributed by atoms with Crippen LogP contribution in [0.1, 0.15) is 22.8 Å². The van der Waals surface area contributed by atoms with Crippen LogP contribution in [0.4, 0.5) is 5.69 Å². The molecule has 2 rings (SSSR count). The van der Waals surface area contributed by atoms with Crippen molar-refractivity contribution in [2.45, 2.75) is 6.92 Å². The van der Waals surface area contributed by atoms with Crippen LogP contribution in [0.25, 0.3) is 6.08 Å². The number of hydrogen-bond acceptors (Lipinski definition) is 4. The molecule has 0 radical (unpaired) electrons. The molecular formula is C21H21NO4. The second kappa shape index (κ2) is 9.22. The molecule has 5 heteroatoms. The Bertz CT molecular complexity index is 822. The molecule has 0 aromatic heterocycles. The van der Waals surface area contributed by atoms with E-state index in [0.717, 1.165) is 5.56 Å². The summed E-state index contributed by atoms with van der Waals surface area (Å²) in [6.45, 7) is 5.49. The SMILES string of the molecule is C=CCOc1ccc(/C=C/C(=O)Nc2ccc(C(C)=O)cc2)cc1OC. The first-order valence-electron chi connectivity index (χ1n) is 8.05. The Morgan fingerprint density at radius 1 is 1.12 bits per heavy atom. The maximum absolute atomic E-state index is 12.0. The predicted molar refractivity (Wildman–Crippen MR) is 103 cm³/mol. The third-order valence-corrected chi connectivity index (χ3v) is 3.53. The largest absolute Gasteiger partial charge is 0.493 e. The topological polar surface area (TPSA) is 64.6 Å². The fraction of sp³-hybridized carbons (Fsp3) is 0.143. The molecule has 0 saturated heterocycles. The summed E-state index contributed by atoms with van der Waals surface area (Å²) < 4.78 is 10.8. The van der Waals surface area contributed by atoms with E-state index in [1.165, 1.54) is 13.0 Å². The van der Waals surface area contributed by atoms with Crippen LogP contribution in [0.5, 0.6) is 11.5 Å². The van der Waals surface area contributed by atoms with Gasteiger partial charge in [0.1, 0.15) is 6.61 Å². The minimum absolute atomic E-state index is 0.0164. The first kappa shape index (κ1) is 19.0. The molecule has 0 bridgehead atoms. The quantitative estimate of drug-likeness (QED) is 0.441. The zero-order chi connectivity index (χ0) is 18.9. The molecule has 134 valence electrons. The fourth-order valence-electron chi connectivity index (χ4n) is 2.20. The van der Waals surface area contributed by atoms with Gasteiger partial charge in [0.05, 0.1) is 7.11 Å². The molecule has 0 unspecified atom stereocenters. The number of ether oxygens (including phenoxy) is 2. The van der Waals surface area contributed by atoms with Gasteiger partial charge in [0.25, 0.3) is 0 Å². The molecule has 2 aromatic rings. The number of hydrogen-bond donors (Lipinski definition) is 1. The van der Waals surface area contributed by atoms with E-state index in [-0.39, 0.29) is 11.7 Å². The number of methoxy groups -OCH3 is 1. The maximum atomic E-state index is 12.0. The van der Waals surface area contributed by atoms with E-state index < -0.39 is 0 Å². The lowest BCUT2D eigenvalue weighted by Crippen LogP contribution is -2.07. The van der Waals surface area contributed by atoms with Crippen molar-refractivity contribution in [2.75, 3.05) is 19.0 Å². The summed E-state index contributed by atoms with van der Waals surface area (Å²) in [4.78, 5) is 23.3. The van der Waals surface area contributed by atoms with Crippen molar-refractivity contribution in [1.29, 1.82) is 0 Å². The van der Waals surface area contributed by atoms with E-state index >= 15 is 0 Å². The Morgan fingerprint density at radius 3 is 2.46 bits per heavy atom. The second-order valence-corrected chi connectivity index (χ2v) is 5.47. The van der Waals surface area contributed by atoms with Crippen molar-refractivity contribution in [1.82, 2.24) is 0 Å². The van der Waals surface area contributed by atoms with Gasteiger partial charge in [0, 0.05) is 17.3 Å². The van der Waals surface area contributed by atoms with Crippen molar-refractivity contribution < 1.29 is 19.1 Å². The highest BCUT2D eigenvalue weighted by Gasteiger charge is 2.05. The molecule has 0 spiro atoms. The molecular weight excluding hydrogens is 330 g/mol. The van der Waals surface area contributed by atoms with Crippen LogP contribution in [0.2, 0.25) is 0 Å². The summed E-state index contributed by atoms with van der Waals surface area (Å²) in [5.41, 5.74) is 2.02. The zero-order valence-corrected chi connectivity index (χ0v) is 14.8. The minimum Gasteiger partial charge on any atom is -0.493 e. The van der Waals surface area contributed by atoms with Crippen LogP contribution < -0.4 is 14.8 Å². The summed E-state index contributed by atoms with van der Waals surface area (Å²) >= 11 is 0. The first-order chi connectivity index (χ1) is 12.5. The number of amides is 1. The number of benzene rings is 2. The van der Waals surface area contributed by atoms with Gasteiger partial charge in [-0.2, -0.15) is 0 Å². The average molecular weight is 351 g/mol. The predicted octanol–water partition coefficient (Wildman–Crippen LogP) is 4.11. The molecule has 26 heavy (non-hydrogen) atoms. The Hall–Kier alpha value is -3.34. The van der Waals surface area contributed by atoms with Crippen molar-refractivity contribution in [3.8, 4) is 11.5 Å². The van der Waals surface area contributed by atoms with Gasteiger partial charge in [0.15, 0.2) is 17.3 Å². The molecule has 0 saturated carbocycles. The van der Waals surface area contributed by atoms with Crippen molar-refractivity contribution in [2.24, 2.45) is 0 Å². The first-order valence-corrected chi connectivity index (χ1v) is 8.05. The Kier molecular flexibility index (Phi) is 6.74. The highest BCUT2D eigenvalue weighted by atomic mass is 16.5. The number of ketones is 1. The summed E-state index contributed by atoms with van der Waals surface area (Å²) in [6, 6.07) is 12.1. The molecule has 1 amide bonds. The molecule has 1 N–H and O–H groups in total. The molecule has 5 nitrogen and oxygen atoms in total. The molecule has 0 aliphatic carbocycles. The lowest BCUT2D eigenvalue weighted by Gasteiger charge is -2.09. The zero-order valence-electron chi connectivity index (χ0n) is 14.8. The van der Waals surface area contributed by atoms with Crippen LogP contribution in [-0.4, -0.2) is 25.4 Å². The number of carbonyl (C=O) groups excluding carboxylic acids is 2. The molecule has 2 aromatic carbocycles. The standard InChI is InChI=1S/C21H21NO4/c1-4-13-26-19-11-5-16(14-20(19)25-3)6-12-21(24)22-18-9-7-17(8-10-18)15(2)23/h4-12,14H,1,13H2,2-3H3,(H,22,24)/b12-6+. The van der Waals surface area contributed by atoms with Crippen LogP contribution in [0.3, 0.4) is 0 Å². The van der Waals surface area contributed by atoms with Gasteiger partial charge >= 0.3 is 0 Å². The molecule has 0 fully saturated rings. The summed E-state index contributed by atoms with van der Waals surface area (Å²) in [5, 5.41) is 2.74. The molecule has 0 aliphatic rings. The summed E-state index contributed by atoms with van der Waals surface area (Å²) in [5.74, 6) is 0.901. The third kappa shape index (κ3) is 5.34. The average Bonchev–Trinajstić information content (AvgIpc) is 2.65.